The highest BCUT2D eigenvalue weighted by molar-refractivity contribution is 7.89. The number of pyridine rings is 1. The molecule has 0 radical (unpaired) electrons. The molecule has 4 heterocycles. The summed E-state index contributed by atoms with van der Waals surface area (Å²) in [7, 11) is -3.52. The Morgan fingerprint density at radius 1 is 1.26 bits per heavy atom. The van der Waals surface area contributed by atoms with Gasteiger partial charge in [0.2, 0.25) is 0 Å². The molecule has 1 fully saturated rings. The van der Waals surface area contributed by atoms with Crippen LogP contribution in [-0.4, -0.2) is 45.4 Å². The number of thiazole rings is 1. The van der Waals surface area contributed by atoms with Crippen LogP contribution in [0.15, 0.2) is 40.3 Å². The Bertz CT molecular complexity index is 920. The van der Waals surface area contributed by atoms with E-state index in [-0.39, 0.29) is 10.9 Å². The van der Waals surface area contributed by atoms with Crippen LogP contribution < -0.4 is 0 Å². The quantitative estimate of drug-likeness (QED) is 0.720. The molecule has 1 aliphatic heterocycles. The normalized spacial score (nSPS) is 20.1. The van der Waals surface area contributed by atoms with Gasteiger partial charge in [-0.25, -0.2) is 13.4 Å². The zero-order valence-corrected chi connectivity index (χ0v) is 13.9. The van der Waals surface area contributed by atoms with Gasteiger partial charge < -0.3 is 0 Å². The summed E-state index contributed by atoms with van der Waals surface area (Å²) in [6, 6.07) is 5.73. The Balaban J connectivity index is 1.65. The Labute approximate surface area is 137 Å². The van der Waals surface area contributed by atoms with Crippen molar-refractivity contribution in [2.75, 3.05) is 13.1 Å². The SMILES string of the molecule is O=S(=O)(c1cscn1)N1CCC[C@@H](c2nnc3ccccn23)C1. The first-order valence-electron chi connectivity index (χ1n) is 7.34. The van der Waals surface area contributed by atoms with E-state index >= 15 is 0 Å². The van der Waals surface area contributed by atoms with Crippen molar-refractivity contribution < 1.29 is 8.42 Å². The molecule has 0 amide bonds. The first-order valence-corrected chi connectivity index (χ1v) is 9.72. The van der Waals surface area contributed by atoms with Crippen molar-refractivity contribution >= 4 is 27.0 Å². The third-order valence-electron chi connectivity index (χ3n) is 4.10. The molecule has 0 saturated carbocycles. The second-order valence-electron chi connectivity index (χ2n) is 5.52. The largest absolute Gasteiger partial charge is 0.286 e. The van der Waals surface area contributed by atoms with Crippen LogP contribution in [-0.2, 0) is 10.0 Å². The highest BCUT2D eigenvalue weighted by Crippen LogP contribution is 2.29. The van der Waals surface area contributed by atoms with Gasteiger partial charge in [-0.2, -0.15) is 4.31 Å². The van der Waals surface area contributed by atoms with Crippen molar-refractivity contribution in [2.24, 2.45) is 0 Å². The molecule has 7 nitrogen and oxygen atoms in total. The van der Waals surface area contributed by atoms with Crippen molar-refractivity contribution in [3.63, 3.8) is 0 Å². The van der Waals surface area contributed by atoms with Gasteiger partial charge in [0.1, 0.15) is 5.82 Å². The fraction of sp³-hybridized carbons (Fsp3) is 0.357. The number of hydrogen-bond acceptors (Lipinski definition) is 6. The number of nitrogens with zero attached hydrogens (tertiary/aromatic N) is 5. The van der Waals surface area contributed by atoms with Crippen molar-refractivity contribution in [1.29, 1.82) is 0 Å². The van der Waals surface area contributed by atoms with Crippen LogP contribution in [0.2, 0.25) is 0 Å². The molecule has 0 bridgehead atoms. The maximum Gasteiger partial charge on any atom is 0.261 e. The lowest BCUT2D eigenvalue weighted by Crippen LogP contribution is -2.39. The number of piperidine rings is 1. The molecule has 0 aliphatic carbocycles. The average molecular weight is 349 g/mol. The molecule has 23 heavy (non-hydrogen) atoms. The molecule has 0 aromatic carbocycles. The molecule has 3 aromatic heterocycles. The molecule has 0 unspecified atom stereocenters. The Kier molecular flexibility index (Phi) is 3.63. The number of sulfonamides is 1. The van der Waals surface area contributed by atoms with Crippen LogP contribution in [0, 0.1) is 0 Å². The second kappa shape index (κ2) is 5.66. The summed E-state index contributed by atoms with van der Waals surface area (Å²) in [5, 5.41) is 10.1. The number of hydrogen-bond donors (Lipinski definition) is 0. The average Bonchev–Trinajstić information content (AvgIpc) is 3.25. The van der Waals surface area contributed by atoms with E-state index in [4.69, 9.17) is 0 Å². The van der Waals surface area contributed by atoms with Crippen LogP contribution in [0.25, 0.3) is 5.65 Å². The van der Waals surface area contributed by atoms with Crippen LogP contribution >= 0.6 is 11.3 Å². The molecular formula is C14H15N5O2S2. The third-order valence-corrected chi connectivity index (χ3v) is 6.60. The molecule has 0 spiro atoms. The molecule has 0 N–H and O–H groups in total. The van der Waals surface area contributed by atoms with Crippen LogP contribution in [0.5, 0.6) is 0 Å². The zero-order chi connectivity index (χ0) is 15.9. The van der Waals surface area contributed by atoms with Gasteiger partial charge in [0.25, 0.3) is 10.0 Å². The van der Waals surface area contributed by atoms with Gasteiger partial charge in [0.05, 0.1) is 5.51 Å². The third kappa shape index (κ3) is 2.54. The summed E-state index contributed by atoms with van der Waals surface area (Å²) in [6.45, 7) is 0.933. The number of aromatic nitrogens is 4. The summed E-state index contributed by atoms with van der Waals surface area (Å²) < 4.78 is 28.8. The number of fused-ring (bicyclic) bond motifs is 1. The van der Waals surface area contributed by atoms with Crippen LogP contribution in [0.1, 0.15) is 24.6 Å². The lowest BCUT2D eigenvalue weighted by atomic mass is 9.99. The van der Waals surface area contributed by atoms with Crippen molar-refractivity contribution in [2.45, 2.75) is 23.8 Å². The highest BCUT2D eigenvalue weighted by Gasteiger charge is 2.33. The molecule has 4 rings (SSSR count). The topological polar surface area (TPSA) is 80.5 Å². The van der Waals surface area contributed by atoms with E-state index in [9.17, 15) is 8.42 Å². The van der Waals surface area contributed by atoms with Gasteiger partial charge in [-0.1, -0.05) is 6.07 Å². The van der Waals surface area contributed by atoms with Gasteiger partial charge in [0.15, 0.2) is 10.7 Å². The first kappa shape index (κ1) is 14.7. The monoisotopic (exact) mass is 349 g/mol. The number of rotatable bonds is 3. The zero-order valence-electron chi connectivity index (χ0n) is 12.2. The lowest BCUT2D eigenvalue weighted by Gasteiger charge is -2.30. The van der Waals surface area contributed by atoms with Crippen molar-refractivity contribution in [3.8, 4) is 0 Å². The fourth-order valence-corrected chi connectivity index (χ4v) is 5.30. The summed E-state index contributed by atoms with van der Waals surface area (Å²) >= 11 is 1.29. The summed E-state index contributed by atoms with van der Waals surface area (Å²) in [4.78, 5) is 3.96. The second-order valence-corrected chi connectivity index (χ2v) is 8.12. The molecule has 1 atom stereocenters. The lowest BCUT2D eigenvalue weighted by molar-refractivity contribution is 0.307. The Morgan fingerprint density at radius 2 is 2.17 bits per heavy atom. The van der Waals surface area contributed by atoms with E-state index in [1.54, 1.807) is 10.9 Å². The molecule has 1 aliphatic rings. The van der Waals surface area contributed by atoms with E-state index < -0.39 is 10.0 Å². The summed E-state index contributed by atoms with van der Waals surface area (Å²) in [5.41, 5.74) is 2.32. The predicted octanol–water partition coefficient (Wildman–Crippen LogP) is 1.75. The molecule has 120 valence electrons. The fourth-order valence-electron chi connectivity index (χ4n) is 2.97. The van der Waals surface area contributed by atoms with E-state index in [2.05, 4.69) is 15.2 Å². The minimum atomic E-state index is -3.52. The summed E-state index contributed by atoms with van der Waals surface area (Å²) in [5.74, 6) is 0.855. The standard InChI is InChI=1S/C14H15N5O2S2/c20-23(21,13-9-22-10-15-13)18-6-3-4-11(8-18)14-17-16-12-5-1-2-7-19(12)14/h1-2,5,7,9-11H,3-4,6,8H2/t11-/m1/s1. The van der Waals surface area contributed by atoms with E-state index in [1.807, 2.05) is 28.8 Å². The summed E-state index contributed by atoms with van der Waals surface area (Å²) in [6.07, 6.45) is 3.62. The smallest absolute Gasteiger partial charge is 0.261 e. The van der Waals surface area contributed by atoms with Gasteiger partial charge in [-0.15, -0.1) is 21.5 Å². The molecule has 3 aromatic rings. The molecule has 9 heteroatoms. The minimum Gasteiger partial charge on any atom is -0.286 e. The van der Waals surface area contributed by atoms with Crippen LogP contribution in [0.3, 0.4) is 0 Å². The van der Waals surface area contributed by atoms with Gasteiger partial charge in [-0.05, 0) is 25.0 Å². The van der Waals surface area contributed by atoms with Crippen LogP contribution in [0.4, 0.5) is 0 Å². The minimum absolute atomic E-state index is 0.0366. The molecule has 1 saturated heterocycles. The van der Waals surface area contributed by atoms with E-state index in [0.717, 1.165) is 24.3 Å². The van der Waals surface area contributed by atoms with Gasteiger partial charge >= 0.3 is 0 Å². The van der Waals surface area contributed by atoms with E-state index in [1.165, 1.54) is 15.6 Å². The highest BCUT2D eigenvalue weighted by atomic mass is 32.2. The van der Waals surface area contributed by atoms with Crippen molar-refractivity contribution in [3.05, 3.63) is 41.1 Å². The van der Waals surface area contributed by atoms with Gasteiger partial charge in [0, 0.05) is 30.6 Å². The molecular weight excluding hydrogens is 334 g/mol. The predicted molar refractivity (Wildman–Crippen MR) is 85.8 cm³/mol. The first-order chi connectivity index (χ1) is 11.2. The van der Waals surface area contributed by atoms with Gasteiger partial charge in [-0.3, -0.25) is 4.40 Å². The van der Waals surface area contributed by atoms with Crippen molar-refractivity contribution in [1.82, 2.24) is 23.9 Å². The van der Waals surface area contributed by atoms with E-state index in [0.29, 0.717) is 13.1 Å². The Hall–Kier alpha value is -1.84. The Morgan fingerprint density at radius 3 is 3.00 bits per heavy atom. The maximum absolute atomic E-state index is 12.7. The maximum atomic E-state index is 12.7.